The van der Waals surface area contributed by atoms with Crippen LogP contribution in [0.2, 0.25) is 0 Å². The topological polar surface area (TPSA) is 88.6 Å². The van der Waals surface area contributed by atoms with Crippen LogP contribution in [0.5, 0.6) is 5.75 Å². The fourth-order valence-electron chi connectivity index (χ4n) is 3.17. The summed E-state index contributed by atoms with van der Waals surface area (Å²) < 4.78 is 33.1. The predicted molar refractivity (Wildman–Crippen MR) is 130 cm³/mol. The lowest BCUT2D eigenvalue weighted by Crippen LogP contribution is -2.31. The van der Waals surface area contributed by atoms with Gasteiger partial charge in [0.2, 0.25) is 10.0 Å². The van der Waals surface area contributed by atoms with Gasteiger partial charge in [0.1, 0.15) is 15.7 Å². The SMILES string of the molecule is CCOc1ccc(NC(=O)c2ccc(Sc3ccccn3)cc2)cc1S(=O)(=O)N(CC)CC. The molecule has 0 fully saturated rings. The third-order valence-electron chi connectivity index (χ3n) is 4.80. The third-order valence-corrected chi connectivity index (χ3v) is 7.83. The van der Waals surface area contributed by atoms with Gasteiger partial charge in [0.25, 0.3) is 5.91 Å². The molecule has 0 saturated heterocycles. The molecule has 0 radical (unpaired) electrons. The summed E-state index contributed by atoms with van der Waals surface area (Å²) in [5.74, 6) is -0.0713. The van der Waals surface area contributed by atoms with Crippen LogP contribution in [0.4, 0.5) is 5.69 Å². The van der Waals surface area contributed by atoms with Gasteiger partial charge < -0.3 is 10.1 Å². The third kappa shape index (κ3) is 6.13. The summed E-state index contributed by atoms with van der Waals surface area (Å²) in [5, 5.41) is 3.65. The lowest BCUT2D eigenvalue weighted by Gasteiger charge is -2.21. The molecule has 1 amide bonds. The Morgan fingerprint density at radius 2 is 1.76 bits per heavy atom. The number of pyridine rings is 1. The van der Waals surface area contributed by atoms with Crippen molar-refractivity contribution in [2.75, 3.05) is 25.0 Å². The fourth-order valence-corrected chi connectivity index (χ4v) is 5.56. The van der Waals surface area contributed by atoms with Crippen LogP contribution in [-0.2, 0) is 10.0 Å². The second-order valence-corrected chi connectivity index (χ2v) is 9.93. The van der Waals surface area contributed by atoms with E-state index in [1.54, 1.807) is 51.2 Å². The lowest BCUT2D eigenvalue weighted by atomic mass is 10.2. The second-order valence-electron chi connectivity index (χ2n) is 6.93. The Kier molecular flexibility index (Phi) is 8.49. The summed E-state index contributed by atoms with van der Waals surface area (Å²) in [5.41, 5.74) is 0.837. The number of hydrogen-bond donors (Lipinski definition) is 1. The maximum absolute atomic E-state index is 13.1. The van der Waals surface area contributed by atoms with Gasteiger partial charge in [-0.15, -0.1) is 0 Å². The molecule has 7 nitrogen and oxygen atoms in total. The van der Waals surface area contributed by atoms with Gasteiger partial charge in [0, 0.05) is 35.4 Å². The zero-order valence-electron chi connectivity index (χ0n) is 18.8. The van der Waals surface area contributed by atoms with Gasteiger partial charge in [0.05, 0.1) is 6.61 Å². The first-order chi connectivity index (χ1) is 15.9. The molecule has 1 N–H and O–H groups in total. The number of sulfonamides is 1. The molecule has 9 heteroatoms. The zero-order valence-corrected chi connectivity index (χ0v) is 20.4. The smallest absolute Gasteiger partial charge is 0.255 e. The predicted octanol–water partition coefficient (Wildman–Crippen LogP) is 4.91. The molecule has 0 atom stereocenters. The standard InChI is InChI=1S/C24H27N3O4S2/c1-4-27(5-2)33(29,30)22-17-19(12-15-21(22)31-6-3)26-24(28)18-10-13-20(14-11-18)32-23-9-7-8-16-25-23/h7-17H,4-6H2,1-3H3,(H,26,28). The fraction of sp³-hybridized carbons (Fsp3) is 0.250. The number of rotatable bonds is 10. The molecule has 33 heavy (non-hydrogen) atoms. The van der Waals surface area contributed by atoms with Crippen LogP contribution in [0.25, 0.3) is 0 Å². The normalized spacial score (nSPS) is 11.4. The van der Waals surface area contributed by atoms with Gasteiger partial charge in [0.15, 0.2) is 0 Å². The number of benzene rings is 2. The monoisotopic (exact) mass is 485 g/mol. The molecule has 174 valence electrons. The first-order valence-electron chi connectivity index (χ1n) is 10.7. The molecule has 1 heterocycles. The van der Waals surface area contributed by atoms with Crippen LogP contribution in [0, 0.1) is 0 Å². The Labute approximate surface area is 199 Å². The quantitative estimate of drug-likeness (QED) is 0.439. The minimum Gasteiger partial charge on any atom is -0.492 e. The van der Waals surface area contributed by atoms with Crippen molar-refractivity contribution in [3.8, 4) is 5.75 Å². The van der Waals surface area contributed by atoms with Crippen molar-refractivity contribution >= 4 is 33.4 Å². The number of carbonyl (C=O) groups is 1. The van der Waals surface area contributed by atoms with E-state index in [1.807, 2.05) is 30.3 Å². The first kappa shape index (κ1) is 24.8. The van der Waals surface area contributed by atoms with Crippen LogP contribution in [0.1, 0.15) is 31.1 Å². The molecule has 0 bridgehead atoms. The summed E-state index contributed by atoms with van der Waals surface area (Å²) in [6.45, 7) is 6.36. The number of anilines is 1. The van der Waals surface area contributed by atoms with Gasteiger partial charge in [-0.2, -0.15) is 4.31 Å². The molecule has 0 saturated carbocycles. The van der Waals surface area contributed by atoms with Crippen molar-refractivity contribution in [1.82, 2.24) is 9.29 Å². The zero-order chi connectivity index (χ0) is 23.8. The van der Waals surface area contributed by atoms with Crippen molar-refractivity contribution < 1.29 is 17.9 Å². The molecule has 0 aliphatic carbocycles. The molecule has 0 aliphatic heterocycles. The highest BCUT2D eigenvalue weighted by Crippen LogP contribution is 2.30. The average Bonchev–Trinajstić information content (AvgIpc) is 2.82. The van der Waals surface area contributed by atoms with E-state index in [0.717, 1.165) is 9.92 Å². The van der Waals surface area contributed by atoms with Gasteiger partial charge in [-0.05, 0) is 61.5 Å². The van der Waals surface area contributed by atoms with Gasteiger partial charge in [-0.1, -0.05) is 31.7 Å². The summed E-state index contributed by atoms with van der Waals surface area (Å²) in [7, 11) is -3.76. The highest BCUT2D eigenvalue weighted by molar-refractivity contribution is 7.99. The molecule has 0 aliphatic rings. The lowest BCUT2D eigenvalue weighted by molar-refractivity contribution is 0.102. The summed E-state index contributed by atoms with van der Waals surface area (Å²) in [6.07, 6.45) is 1.73. The molecule has 0 spiro atoms. The van der Waals surface area contributed by atoms with Gasteiger partial charge >= 0.3 is 0 Å². The summed E-state index contributed by atoms with van der Waals surface area (Å²) >= 11 is 1.50. The van der Waals surface area contributed by atoms with Crippen LogP contribution in [0.15, 0.2) is 81.7 Å². The number of carbonyl (C=O) groups excluding carboxylic acids is 1. The largest absolute Gasteiger partial charge is 0.492 e. The van der Waals surface area contributed by atoms with Crippen molar-refractivity contribution in [3.63, 3.8) is 0 Å². The number of aromatic nitrogens is 1. The maximum Gasteiger partial charge on any atom is 0.255 e. The van der Waals surface area contributed by atoms with Crippen molar-refractivity contribution in [2.24, 2.45) is 0 Å². The van der Waals surface area contributed by atoms with E-state index in [1.165, 1.54) is 22.1 Å². The average molecular weight is 486 g/mol. The van der Waals surface area contributed by atoms with Crippen LogP contribution < -0.4 is 10.1 Å². The maximum atomic E-state index is 13.1. The van der Waals surface area contributed by atoms with Crippen LogP contribution in [-0.4, -0.2) is 43.3 Å². The Balaban J connectivity index is 1.80. The first-order valence-corrected chi connectivity index (χ1v) is 12.9. The molecular weight excluding hydrogens is 458 g/mol. The van der Waals surface area contributed by atoms with Crippen LogP contribution in [0.3, 0.4) is 0 Å². The molecular formula is C24H27N3O4S2. The Morgan fingerprint density at radius 3 is 2.36 bits per heavy atom. The van der Waals surface area contributed by atoms with E-state index in [2.05, 4.69) is 10.3 Å². The number of amides is 1. The molecule has 1 aromatic heterocycles. The summed E-state index contributed by atoms with van der Waals surface area (Å²) in [6, 6.07) is 17.5. The minimum absolute atomic E-state index is 0.0351. The highest BCUT2D eigenvalue weighted by Gasteiger charge is 2.26. The van der Waals surface area contributed by atoms with Crippen molar-refractivity contribution in [1.29, 1.82) is 0 Å². The van der Waals surface area contributed by atoms with E-state index < -0.39 is 10.0 Å². The van der Waals surface area contributed by atoms with Crippen molar-refractivity contribution in [2.45, 2.75) is 35.6 Å². The molecule has 3 rings (SSSR count). The molecule has 2 aromatic carbocycles. The van der Waals surface area contributed by atoms with E-state index >= 15 is 0 Å². The van der Waals surface area contributed by atoms with E-state index in [0.29, 0.717) is 30.9 Å². The van der Waals surface area contributed by atoms with Gasteiger partial charge in [-0.25, -0.2) is 13.4 Å². The van der Waals surface area contributed by atoms with Gasteiger partial charge in [-0.3, -0.25) is 4.79 Å². The second kappa shape index (κ2) is 11.3. The molecule has 0 unspecified atom stereocenters. The molecule has 3 aromatic rings. The van der Waals surface area contributed by atoms with E-state index in [-0.39, 0.29) is 16.6 Å². The number of ether oxygens (including phenoxy) is 1. The Hall–Kier alpha value is -2.88. The number of nitrogens with zero attached hydrogens (tertiary/aromatic N) is 2. The van der Waals surface area contributed by atoms with Crippen LogP contribution >= 0.6 is 11.8 Å². The Bertz CT molecular complexity index is 1180. The van der Waals surface area contributed by atoms with E-state index in [4.69, 9.17) is 4.74 Å². The van der Waals surface area contributed by atoms with Crippen molar-refractivity contribution in [3.05, 3.63) is 72.4 Å². The highest BCUT2D eigenvalue weighted by atomic mass is 32.2. The minimum atomic E-state index is -3.76. The summed E-state index contributed by atoms with van der Waals surface area (Å²) in [4.78, 5) is 18.1. The van der Waals surface area contributed by atoms with E-state index in [9.17, 15) is 13.2 Å². The number of nitrogens with one attached hydrogen (secondary N) is 1. The number of hydrogen-bond acceptors (Lipinski definition) is 6. The Morgan fingerprint density at radius 1 is 1.03 bits per heavy atom.